The fourth-order valence-electron chi connectivity index (χ4n) is 8.48. The first-order chi connectivity index (χ1) is 26.2. The summed E-state index contributed by atoms with van der Waals surface area (Å²) in [4.78, 5) is 0. The molecule has 0 atom stereocenters. The van der Waals surface area contributed by atoms with E-state index < -0.39 is 0 Å². The van der Waals surface area contributed by atoms with Gasteiger partial charge in [-0.15, -0.1) is 0 Å². The van der Waals surface area contributed by atoms with Crippen LogP contribution in [0.5, 0.6) is 0 Å². The second-order valence-electron chi connectivity index (χ2n) is 13.9. The lowest BCUT2D eigenvalue weighted by atomic mass is 9.83. The summed E-state index contributed by atoms with van der Waals surface area (Å²) in [6.07, 6.45) is 0. The third kappa shape index (κ3) is 5.24. The Labute approximate surface area is 310 Å². The molecule has 1 heterocycles. The number of hydrogen-bond donors (Lipinski definition) is 0. The van der Waals surface area contributed by atoms with Crippen LogP contribution in [0.25, 0.3) is 99.0 Å². The van der Waals surface area contributed by atoms with E-state index in [0.717, 1.165) is 6.54 Å². The Bertz CT molecular complexity index is 2940. The molecule has 53 heavy (non-hydrogen) atoms. The van der Waals surface area contributed by atoms with Crippen LogP contribution in [0.15, 0.2) is 194 Å². The van der Waals surface area contributed by atoms with Crippen LogP contribution < -0.4 is 0 Å². The molecule has 0 bridgehead atoms. The number of aryl methyl sites for hydroxylation is 1. The van der Waals surface area contributed by atoms with Crippen molar-refractivity contribution in [2.75, 3.05) is 0 Å². The standard InChI is InChI=1S/C52H37N/c1-2-53-49-21-13-12-20-43(49)46-32-42(28-31-50(46)53)37-22-24-39(25-23-37)52-45-30-27-40(35-14-6-3-7-15-35)33-47(45)51(38-18-10-5-11-19-38)44-29-26-41(34-48(44)52)36-16-8-4-9-17-36/h3-34H,2H2,1H3. The van der Waals surface area contributed by atoms with E-state index in [0.29, 0.717) is 0 Å². The highest BCUT2D eigenvalue weighted by Gasteiger charge is 2.19. The fourth-order valence-corrected chi connectivity index (χ4v) is 8.48. The first-order valence-corrected chi connectivity index (χ1v) is 18.6. The minimum absolute atomic E-state index is 0.946. The molecular weight excluding hydrogens is 639 g/mol. The summed E-state index contributed by atoms with van der Waals surface area (Å²) in [7, 11) is 0. The Balaban J connectivity index is 1.21. The van der Waals surface area contributed by atoms with E-state index in [-0.39, 0.29) is 0 Å². The minimum atomic E-state index is 0.946. The van der Waals surface area contributed by atoms with Crippen molar-refractivity contribution < 1.29 is 0 Å². The number of fused-ring (bicyclic) bond motifs is 5. The van der Waals surface area contributed by atoms with E-state index in [1.165, 1.54) is 99.0 Å². The van der Waals surface area contributed by atoms with Gasteiger partial charge in [0.2, 0.25) is 0 Å². The van der Waals surface area contributed by atoms with Crippen LogP contribution in [0.2, 0.25) is 0 Å². The van der Waals surface area contributed by atoms with Gasteiger partial charge in [-0.3, -0.25) is 0 Å². The maximum atomic E-state index is 2.42. The number of benzene rings is 9. The average Bonchev–Trinajstić information content (AvgIpc) is 3.56. The highest BCUT2D eigenvalue weighted by Crippen LogP contribution is 2.46. The predicted octanol–water partition coefficient (Wildman–Crippen LogP) is 14.5. The van der Waals surface area contributed by atoms with Crippen LogP contribution in [0.1, 0.15) is 6.92 Å². The molecule has 0 saturated carbocycles. The topological polar surface area (TPSA) is 4.93 Å². The molecule has 0 N–H and O–H groups in total. The number of nitrogens with zero attached hydrogens (tertiary/aromatic N) is 1. The molecule has 10 rings (SSSR count). The monoisotopic (exact) mass is 675 g/mol. The molecule has 1 nitrogen and oxygen atoms in total. The van der Waals surface area contributed by atoms with Gasteiger partial charge < -0.3 is 4.57 Å². The lowest BCUT2D eigenvalue weighted by molar-refractivity contribution is 0.827. The van der Waals surface area contributed by atoms with Gasteiger partial charge in [0.25, 0.3) is 0 Å². The van der Waals surface area contributed by atoms with Gasteiger partial charge in [-0.25, -0.2) is 0 Å². The Morgan fingerprint density at radius 1 is 0.283 bits per heavy atom. The summed E-state index contributed by atoms with van der Waals surface area (Å²) in [6.45, 7) is 3.17. The van der Waals surface area contributed by atoms with Gasteiger partial charge in [-0.1, -0.05) is 164 Å². The van der Waals surface area contributed by atoms with Crippen LogP contribution in [0.4, 0.5) is 0 Å². The highest BCUT2D eigenvalue weighted by atomic mass is 15.0. The van der Waals surface area contributed by atoms with Crippen LogP contribution in [-0.2, 0) is 6.54 Å². The van der Waals surface area contributed by atoms with Gasteiger partial charge in [0.05, 0.1) is 0 Å². The molecule has 0 unspecified atom stereocenters. The van der Waals surface area contributed by atoms with Crippen molar-refractivity contribution in [1.29, 1.82) is 0 Å². The predicted molar refractivity (Wildman–Crippen MR) is 227 cm³/mol. The molecule has 9 aromatic carbocycles. The zero-order chi connectivity index (χ0) is 35.3. The third-order valence-electron chi connectivity index (χ3n) is 11.0. The average molecular weight is 676 g/mol. The molecule has 0 aliphatic heterocycles. The smallest absolute Gasteiger partial charge is 0.0491 e. The molecular formula is C52H37N. The Hall–Kier alpha value is -6.70. The van der Waals surface area contributed by atoms with Gasteiger partial charge in [0.1, 0.15) is 0 Å². The number of para-hydroxylation sites is 1. The summed E-state index contributed by atoms with van der Waals surface area (Å²) >= 11 is 0. The summed E-state index contributed by atoms with van der Waals surface area (Å²) in [5.74, 6) is 0. The molecule has 0 aliphatic rings. The van der Waals surface area contributed by atoms with Crippen molar-refractivity contribution in [3.8, 4) is 55.6 Å². The molecule has 1 heteroatoms. The zero-order valence-electron chi connectivity index (χ0n) is 29.6. The van der Waals surface area contributed by atoms with Gasteiger partial charge >= 0.3 is 0 Å². The van der Waals surface area contributed by atoms with E-state index in [9.17, 15) is 0 Å². The molecule has 0 amide bonds. The second-order valence-corrected chi connectivity index (χ2v) is 13.9. The van der Waals surface area contributed by atoms with Crippen molar-refractivity contribution in [2.45, 2.75) is 13.5 Å². The maximum absolute atomic E-state index is 2.42. The van der Waals surface area contributed by atoms with Crippen molar-refractivity contribution in [3.63, 3.8) is 0 Å². The van der Waals surface area contributed by atoms with E-state index in [4.69, 9.17) is 0 Å². The summed E-state index contributed by atoms with van der Waals surface area (Å²) in [5.41, 5.74) is 14.9. The van der Waals surface area contributed by atoms with Gasteiger partial charge in [-0.05, 0) is 114 Å². The van der Waals surface area contributed by atoms with Gasteiger partial charge in [0, 0.05) is 28.4 Å². The molecule has 1 aromatic heterocycles. The summed E-state index contributed by atoms with van der Waals surface area (Å²) in [6, 6.07) is 71.4. The minimum Gasteiger partial charge on any atom is -0.341 e. The van der Waals surface area contributed by atoms with Crippen molar-refractivity contribution in [2.24, 2.45) is 0 Å². The molecule has 0 aliphatic carbocycles. The van der Waals surface area contributed by atoms with Crippen molar-refractivity contribution in [3.05, 3.63) is 194 Å². The quantitative estimate of drug-likeness (QED) is 0.155. The lowest BCUT2D eigenvalue weighted by Gasteiger charge is -2.20. The van der Waals surface area contributed by atoms with E-state index in [1.54, 1.807) is 0 Å². The first kappa shape index (κ1) is 31.1. The van der Waals surface area contributed by atoms with Crippen molar-refractivity contribution >= 4 is 43.4 Å². The number of aromatic nitrogens is 1. The largest absolute Gasteiger partial charge is 0.341 e. The molecule has 0 radical (unpaired) electrons. The van der Waals surface area contributed by atoms with E-state index >= 15 is 0 Å². The van der Waals surface area contributed by atoms with E-state index in [1.807, 2.05) is 0 Å². The summed E-state index contributed by atoms with van der Waals surface area (Å²) < 4.78 is 2.42. The molecule has 0 saturated heterocycles. The first-order valence-electron chi connectivity index (χ1n) is 18.6. The zero-order valence-corrected chi connectivity index (χ0v) is 29.6. The SMILES string of the molecule is CCn1c2ccccc2c2cc(-c3ccc(-c4c5ccc(-c6ccccc6)cc5c(-c5ccccc5)c5ccc(-c6ccccc6)cc45)cc3)ccc21. The third-order valence-corrected chi connectivity index (χ3v) is 11.0. The Morgan fingerprint density at radius 2 is 0.660 bits per heavy atom. The lowest BCUT2D eigenvalue weighted by Crippen LogP contribution is -1.93. The van der Waals surface area contributed by atoms with Gasteiger partial charge in [-0.2, -0.15) is 0 Å². The normalized spacial score (nSPS) is 11.6. The maximum Gasteiger partial charge on any atom is 0.0491 e. The molecule has 10 aromatic rings. The molecule has 0 fully saturated rings. The van der Waals surface area contributed by atoms with Crippen LogP contribution in [0, 0.1) is 0 Å². The highest BCUT2D eigenvalue weighted by molar-refractivity contribution is 6.22. The van der Waals surface area contributed by atoms with Crippen molar-refractivity contribution in [1.82, 2.24) is 4.57 Å². The fraction of sp³-hybridized carbons (Fsp3) is 0.0385. The number of hydrogen-bond acceptors (Lipinski definition) is 0. The Morgan fingerprint density at radius 3 is 1.21 bits per heavy atom. The summed E-state index contributed by atoms with van der Waals surface area (Å²) in [5, 5.41) is 7.64. The van der Waals surface area contributed by atoms with Crippen LogP contribution in [-0.4, -0.2) is 4.57 Å². The Kier molecular flexibility index (Phi) is 7.51. The number of rotatable bonds is 6. The van der Waals surface area contributed by atoms with E-state index in [2.05, 4.69) is 206 Å². The van der Waals surface area contributed by atoms with Crippen LogP contribution in [0.3, 0.4) is 0 Å². The van der Waals surface area contributed by atoms with Gasteiger partial charge in [0.15, 0.2) is 0 Å². The molecule has 250 valence electrons. The molecule has 0 spiro atoms. The second kappa shape index (κ2) is 12.8. The van der Waals surface area contributed by atoms with Crippen LogP contribution >= 0.6 is 0 Å².